The van der Waals surface area contributed by atoms with Crippen LogP contribution in [0.15, 0.2) is 90.1 Å². The SMILES string of the molecule is Cc1cccc(N2C(=O)CC(c3ccc(OCc4ccccc4)cc3)C3=C2CCCC3=O)c1. The molecule has 0 saturated heterocycles. The summed E-state index contributed by atoms with van der Waals surface area (Å²) in [6.07, 6.45) is 2.37. The van der Waals surface area contributed by atoms with Crippen molar-refractivity contribution in [2.75, 3.05) is 4.90 Å². The minimum Gasteiger partial charge on any atom is -0.489 e. The Balaban J connectivity index is 1.44. The van der Waals surface area contributed by atoms with E-state index in [4.69, 9.17) is 4.74 Å². The number of aryl methyl sites for hydroxylation is 1. The van der Waals surface area contributed by atoms with E-state index in [0.29, 0.717) is 19.4 Å². The molecule has 0 aromatic heterocycles. The number of carbonyl (C=O) groups is 2. The third-order valence-electron chi connectivity index (χ3n) is 6.47. The number of rotatable bonds is 5. The zero-order chi connectivity index (χ0) is 22.8. The predicted molar refractivity (Wildman–Crippen MR) is 129 cm³/mol. The van der Waals surface area contributed by atoms with Gasteiger partial charge in [0.05, 0.1) is 0 Å². The largest absolute Gasteiger partial charge is 0.489 e. The molecular weight excluding hydrogens is 410 g/mol. The number of Topliss-reactive ketones (excluding diaryl/α,β-unsaturated/α-hetero) is 1. The molecule has 1 amide bonds. The summed E-state index contributed by atoms with van der Waals surface area (Å²) in [5, 5.41) is 0. The average Bonchev–Trinajstić information content (AvgIpc) is 2.83. The van der Waals surface area contributed by atoms with Crippen molar-refractivity contribution in [3.63, 3.8) is 0 Å². The van der Waals surface area contributed by atoms with Gasteiger partial charge in [-0.15, -0.1) is 0 Å². The second kappa shape index (κ2) is 9.07. The molecule has 166 valence electrons. The smallest absolute Gasteiger partial charge is 0.232 e. The van der Waals surface area contributed by atoms with E-state index < -0.39 is 0 Å². The third kappa shape index (κ3) is 4.34. The Morgan fingerprint density at radius 1 is 0.909 bits per heavy atom. The van der Waals surface area contributed by atoms with E-state index in [1.165, 1.54) is 0 Å². The van der Waals surface area contributed by atoms with E-state index in [1.807, 2.05) is 85.8 Å². The van der Waals surface area contributed by atoms with Gasteiger partial charge in [-0.25, -0.2) is 0 Å². The fraction of sp³-hybridized carbons (Fsp3) is 0.241. The van der Waals surface area contributed by atoms with Gasteiger partial charge in [-0.2, -0.15) is 0 Å². The van der Waals surface area contributed by atoms with Crippen molar-refractivity contribution in [2.24, 2.45) is 0 Å². The van der Waals surface area contributed by atoms with Crippen LogP contribution >= 0.6 is 0 Å². The number of ketones is 1. The maximum Gasteiger partial charge on any atom is 0.232 e. The molecule has 0 spiro atoms. The number of benzene rings is 3. The summed E-state index contributed by atoms with van der Waals surface area (Å²) in [5.74, 6) is 0.777. The highest BCUT2D eigenvalue weighted by atomic mass is 16.5. The minimum absolute atomic E-state index is 0.0449. The predicted octanol–water partition coefficient (Wildman–Crippen LogP) is 6.10. The quantitative estimate of drug-likeness (QED) is 0.484. The molecule has 1 aliphatic carbocycles. The molecule has 0 fully saturated rings. The summed E-state index contributed by atoms with van der Waals surface area (Å²) in [4.78, 5) is 28.2. The van der Waals surface area contributed by atoms with Gasteiger partial charge in [-0.05, 0) is 60.7 Å². The van der Waals surface area contributed by atoms with Gasteiger partial charge in [-0.3, -0.25) is 14.5 Å². The van der Waals surface area contributed by atoms with Crippen LogP contribution in [0.2, 0.25) is 0 Å². The number of carbonyl (C=O) groups excluding carboxylic acids is 2. The molecule has 1 unspecified atom stereocenters. The van der Waals surface area contributed by atoms with Gasteiger partial charge in [-0.1, -0.05) is 54.6 Å². The first-order chi connectivity index (χ1) is 16.1. The molecule has 33 heavy (non-hydrogen) atoms. The van der Waals surface area contributed by atoms with E-state index in [-0.39, 0.29) is 17.6 Å². The Bertz CT molecular complexity index is 1210. The van der Waals surface area contributed by atoms with Gasteiger partial charge in [0.15, 0.2) is 5.78 Å². The Kier molecular flexibility index (Phi) is 5.82. The van der Waals surface area contributed by atoms with E-state index >= 15 is 0 Å². The maximum atomic E-state index is 13.3. The fourth-order valence-corrected chi connectivity index (χ4v) is 4.88. The van der Waals surface area contributed by atoms with Gasteiger partial charge >= 0.3 is 0 Å². The van der Waals surface area contributed by atoms with Gasteiger partial charge in [0.1, 0.15) is 12.4 Å². The summed E-state index contributed by atoms with van der Waals surface area (Å²) in [7, 11) is 0. The van der Waals surface area contributed by atoms with Crippen molar-refractivity contribution >= 4 is 17.4 Å². The van der Waals surface area contributed by atoms with Crippen LogP contribution in [-0.2, 0) is 16.2 Å². The number of hydrogen-bond acceptors (Lipinski definition) is 3. The van der Waals surface area contributed by atoms with Crippen molar-refractivity contribution < 1.29 is 14.3 Å². The van der Waals surface area contributed by atoms with E-state index in [2.05, 4.69) is 0 Å². The number of hydrogen-bond donors (Lipinski definition) is 0. The molecule has 4 heteroatoms. The minimum atomic E-state index is -0.204. The summed E-state index contributed by atoms with van der Waals surface area (Å²) in [6, 6.07) is 25.8. The lowest BCUT2D eigenvalue weighted by Gasteiger charge is -2.38. The number of allylic oxidation sites excluding steroid dienone is 2. The lowest BCUT2D eigenvalue weighted by atomic mass is 9.77. The topological polar surface area (TPSA) is 46.6 Å². The lowest BCUT2D eigenvalue weighted by Crippen LogP contribution is -2.40. The van der Waals surface area contributed by atoms with E-state index in [0.717, 1.165) is 52.2 Å². The van der Waals surface area contributed by atoms with Gasteiger partial charge < -0.3 is 4.74 Å². The van der Waals surface area contributed by atoms with Crippen molar-refractivity contribution in [2.45, 2.75) is 45.1 Å². The number of nitrogens with zero attached hydrogens (tertiary/aromatic N) is 1. The Labute approximate surface area is 194 Å². The molecule has 1 atom stereocenters. The molecule has 3 aromatic carbocycles. The van der Waals surface area contributed by atoms with E-state index in [9.17, 15) is 9.59 Å². The molecule has 3 aromatic rings. The first-order valence-electron chi connectivity index (χ1n) is 11.5. The van der Waals surface area contributed by atoms with Crippen molar-refractivity contribution in [3.8, 4) is 5.75 Å². The van der Waals surface area contributed by atoms with E-state index in [1.54, 1.807) is 4.90 Å². The first kappa shape index (κ1) is 21.2. The monoisotopic (exact) mass is 437 g/mol. The Hall–Kier alpha value is -3.66. The number of anilines is 1. The van der Waals surface area contributed by atoms with Crippen LogP contribution in [0.4, 0.5) is 5.69 Å². The van der Waals surface area contributed by atoms with Crippen LogP contribution in [-0.4, -0.2) is 11.7 Å². The Morgan fingerprint density at radius 2 is 1.70 bits per heavy atom. The molecule has 1 aliphatic heterocycles. The van der Waals surface area contributed by atoms with Crippen molar-refractivity contribution in [1.29, 1.82) is 0 Å². The molecule has 5 rings (SSSR count). The summed E-state index contributed by atoms with van der Waals surface area (Å²) < 4.78 is 5.92. The third-order valence-corrected chi connectivity index (χ3v) is 6.47. The molecule has 1 heterocycles. The Morgan fingerprint density at radius 3 is 2.45 bits per heavy atom. The molecule has 2 aliphatic rings. The zero-order valence-corrected chi connectivity index (χ0v) is 18.8. The van der Waals surface area contributed by atoms with Gasteiger partial charge in [0, 0.05) is 35.7 Å². The summed E-state index contributed by atoms with van der Waals surface area (Å²) in [6.45, 7) is 2.52. The fourth-order valence-electron chi connectivity index (χ4n) is 4.88. The standard InChI is InChI=1S/C29H27NO3/c1-20-7-5-10-23(17-20)30-26-11-6-12-27(31)29(26)25(18-28(30)32)22-13-15-24(16-14-22)33-19-21-8-3-2-4-9-21/h2-5,7-10,13-17,25H,6,11-12,18-19H2,1H3. The van der Waals surface area contributed by atoms with Crippen LogP contribution < -0.4 is 9.64 Å². The normalized spacial score (nSPS) is 18.3. The van der Waals surface area contributed by atoms with Crippen molar-refractivity contribution in [1.82, 2.24) is 0 Å². The van der Waals surface area contributed by atoms with Crippen LogP contribution in [0.1, 0.15) is 48.3 Å². The highest BCUT2D eigenvalue weighted by Crippen LogP contribution is 2.43. The molecule has 0 bridgehead atoms. The molecule has 0 saturated carbocycles. The molecule has 4 nitrogen and oxygen atoms in total. The highest BCUT2D eigenvalue weighted by Gasteiger charge is 2.39. The lowest BCUT2D eigenvalue weighted by molar-refractivity contribution is -0.119. The second-order valence-corrected chi connectivity index (χ2v) is 8.81. The van der Waals surface area contributed by atoms with Crippen molar-refractivity contribution in [3.05, 3.63) is 107 Å². The molecule has 0 radical (unpaired) electrons. The molecular formula is C29H27NO3. The average molecular weight is 438 g/mol. The second-order valence-electron chi connectivity index (χ2n) is 8.81. The summed E-state index contributed by atoms with van der Waals surface area (Å²) in [5.41, 5.74) is 5.73. The van der Waals surface area contributed by atoms with Crippen LogP contribution in [0.25, 0.3) is 0 Å². The van der Waals surface area contributed by atoms with Gasteiger partial charge in [0.25, 0.3) is 0 Å². The highest BCUT2D eigenvalue weighted by molar-refractivity contribution is 6.07. The molecule has 0 N–H and O–H groups in total. The van der Waals surface area contributed by atoms with Crippen LogP contribution in [0.5, 0.6) is 5.75 Å². The van der Waals surface area contributed by atoms with Crippen LogP contribution in [0.3, 0.4) is 0 Å². The van der Waals surface area contributed by atoms with Crippen LogP contribution in [0, 0.1) is 6.92 Å². The maximum absolute atomic E-state index is 13.3. The first-order valence-corrected chi connectivity index (χ1v) is 11.5. The van der Waals surface area contributed by atoms with Gasteiger partial charge in [0.2, 0.25) is 5.91 Å². The summed E-state index contributed by atoms with van der Waals surface area (Å²) >= 11 is 0. The zero-order valence-electron chi connectivity index (χ0n) is 18.8. The number of ether oxygens (including phenoxy) is 1. The number of amides is 1.